The van der Waals surface area contributed by atoms with Gasteiger partial charge in [0.2, 0.25) is 5.88 Å². The Labute approximate surface area is 128 Å². The van der Waals surface area contributed by atoms with Gasteiger partial charge in [-0.3, -0.25) is 4.79 Å². The van der Waals surface area contributed by atoms with Crippen LogP contribution in [0.1, 0.15) is 28.8 Å². The number of amides is 1. The van der Waals surface area contributed by atoms with E-state index in [1.807, 2.05) is 0 Å². The molecule has 4 nitrogen and oxygen atoms in total. The molecule has 0 radical (unpaired) electrons. The summed E-state index contributed by atoms with van der Waals surface area (Å²) in [6.07, 6.45) is 3.56. The molecule has 2 aromatic rings. The van der Waals surface area contributed by atoms with Crippen molar-refractivity contribution >= 4 is 5.91 Å². The predicted octanol–water partition coefficient (Wildman–Crippen LogP) is 2.69. The Morgan fingerprint density at radius 2 is 2.05 bits per heavy atom. The number of halogens is 1. The highest BCUT2D eigenvalue weighted by atomic mass is 19.1. The maximum Gasteiger partial charge on any atom is 0.256 e. The zero-order valence-corrected chi connectivity index (χ0v) is 12.3. The van der Waals surface area contributed by atoms with E-state index in [0.29, 0.717) is 18.0 Å². The SMILES string of the molecule is COc1ncccc1C(=O)NCC1(c2ccc(F)cc2)CC1. The second-order valence-electron chi connectivity index (χ2n) is 5.53. The molecule has 114 valence electrons. The highest BCUT2D eigenvalue weighted by molar-refractivity contribution is 5.96. The number of methoxy groups -OCH3 is 1. The first-order valence-corrected chi connectivity index (χ1v) is 7.18. The second kappa shape index (κ2) is 5.75. The van der Waals surface area contributed by atoms with Gasteiger partial charge in [0.05, 0.1) is 7.11 Å². The predicted molar refractivity (Wildman–Crippen MR) is 80.4 cm³/mol. The van der Waals surface area contributed by atoms with Crippen LogP contribution in [0.25, 0.3) is 0 Å². The number of aromatic nitrogens is 1. The van der Waals surface area contributed by atoms with Crippen molar-refractivity contribution < 1.29 is 13.9 Å². The number of pyridine rings is 1. The summed E-state index contributed by atoms with van der Waals surface area (Å²) in [4.78, 5) is 16.3. The molecule has 1 amide bonds. The molecule has 0 atom stereocenters. The number of carbonyl (C=O) groups is 1. The van der Waals surface area contributed by atoms with Gasteiger partial charge in [-0.05, 0) is 42.7 Å². The third kappa shape index (κ3) is 2.79. The smallest absolute Gasteiger partial charge is 0.256 e. The Kier molecular flexibility index (Phi) is 3.79. The van der Waals surface area contributed by atoms with Crippen LogP contribution in [-0.4, -0.2) is 24.5 Å². The minimum absolute atomic E-state index is 0.0706. The van der Waals surface area contributed by atoms with Crippen LogP contribution in [0.2, 0.25) is 0 Å². The molecule has 0 spiro atoms. The molecule has 1 fully saturated rings. The van der Waals surface area contributed by atoms with Crippen LogP contribution >= 0.6 is 0 Å². The van der Waals surface area contributed by atoms with Gasteiger partial charge in [-0.1, -0.05) is 12.1 Å². The Morgan fingerprint density at radius 1 is 1.32 bits per heavy atom. The molecular weight excluding hydrogens is 283 g/mol. The average Bonchev–Trinajstić information content (AvgIpc) is 3.34. The third-order valence-electron chi connectivity index (χ3n) is 4.11. The first kappa shape index (κ1) is 14.5. The van der Waals surface area contributed by atoms with Gasteiger partial charge in [-0.25, -0.2) is 9.37 Å². The van der Waals surface area contributed by atoms with E-state index in [-0.39, 0.29) is 17.1 Å². The summed E-state index contributed by atoms with van der Waals surface area (Å²) >= 11 is 0. The standard InChI is InChI=1S/C17H17FN2O2/c1-22-16-14(3-2-10-19-16)15(21)20-11-17(8-9-17)12-4-6-13(18)7-5-12/h2-7,10H,8-9,11H2,1H3,(H,20,21). The van der Waals surface area contributed by atoms with Crippen LogP contribution in [0.15, 0.2) is 42.6 Å². The number of rotatable bonds is 5. The second-order valence-corrected chi connectivity index (χ2v) is 5.53. The molecule has 1 aliphatic carbocycles. The number of hydrogen-bond acceptors (Lipinski definition) is 3. The van der Waals surface area contributed by atoms with Crippen molar-refractivity contribution in [1.82, 2.24) is 10.3 Å². The summed E-state index contributed by atoms with van der Waals surface area (Å²) in [6.45, 7) is 0.523. The minimum atomic E-state index is -0.247. The summed E-state index contributed by atoms with van der Waals surface area (Å²) in [6, 6.07) is 9.88. The van der Waals surface area contributed by atoms with Crippen LogP contribution in [0.5, 0.6) is 5.88 Å². The largest absolute Gasteiger partial charge is 0.480 e. The van der Waals surface area contributed by atoms with Gasteiger partial charge in [0.25, 0.3) is 5.91 Å². The van der Waals surface area contributed by atoms with Crippen molar-refractivity contribution in [3.8, 4) is 5.88 Å². The Hall–Kier alpha value is -2.43. The van der Waals surface area contributed by atoms with Crippen molar-refractivity contribution in [1.29, 1.82) is 0 Å². The fourth-order valence-electron chi connectivity index (χ4n) is 2.59. The molecule has 3 rings (SSSR count). The van der Waals surface area contributed by atoms with Gasteiger partial charge < -0.3 is 10.1 Å². The molecule has 1 heterocycles. The molecule has 0 aliphatic heterocycles. The van der Waals surface area contributed by atoms with Gasteiger partial charge in [0.1, 0.15) is 11.4 Å². The van der Waals surface area contributed by atoms with E-state index < -0.39 is 0 Å². The number of hydrogen-bond donors (Lipinski definition) is 1. The molecule has 1 aliphatic rings. The van der Waals surface area contributed by atoms with Crippen molar-refractivity contribution in [2.45, 2.75) is 18.3 Å². The number of carbonyl (C=O) groups excluding carboxylic acids is 1. The topological polar surface area (TPSA) is 51.2 Å². The van der Waals surface area contributed by atoms with E-state index in [2.05, 4.69) is 10.3 Å². The third-order valence-corrected chi connectivity index (χ3v) is 4.11. The Balaban J connectivity index is 1.69. The molecule has 5 heteroatoms. The van der Waals surface area contributed by atoms with Crippen molar-refractivity contribution in [2.24, 2.45) is 0 Å². The molecule has 1 aromatic carbocycles. The van der Waals surface area contributed by atoms with E-state index in [4.69, 9.17) is 4.74 Å². The summed E-state index contributed by atoms with van der Waals surface area (Å²) in [7, 11) is 1.49. The highest BCUT2D eigenvalue weighted by Crippen LogP contribution is 2.47. The normalized spacial score (nSPS) is 15.2. The zero-order valence-electron chi connectivity index (χ0n) is 12.3. The fraction of sp³-hybridized carbons (Fsp3) is 0.294. The monoisotopic (exact) mass is 300 g/mol. The lowest BCUT2D eigenvalue weighted by molar-refractivity contribution is 0.0946. The molecule has 22 heavy (non-hydrogen) atoms. The maximum atomic E-state index is 13.0. The van der Waals surface area contributed by atoms with Crippen LogP contribution < -0.4 is 10.1 Å². The molecule has 0 saturated heterocycles. The van der Waals surface area contributed by atoms with Crippen molar-refractivity contribution in [3.05, 3.63) is 59.5 Å². The van der Waals surface area contributed by atoms with Crippen LogP contribution in [0, 0.1) is 5.82 Å². The van der Waals surface area contributed by atoms with E-state index in [1.54, 1.807) is 30.5 Å². The molecule has 0 unspecified atom stereocenters. The van der Waals surface area contributed by atoms with Crippen LogP contribution in [0.3, 0.4) is 0 Å². The quantitative estimate of drug-likeness (QED) is 0.923. The highest BCUT2D eigenvalue weighted by Gasteiger charge is 2.44. The van der Waals surface area contributed by atoms with E-state index in [0.717, 1.165) is 18.4 Å². The first-order valence-electron chi connectivity index (χ1n) is 7.18. The molecule has 1 aromatic heterocycles. The number of nitrogens with zero attached hydrogens (tertiary/aromatic N) is 1. The lowest BCUT2D eigenvalue weighted by atomic mass is 9.96. The van der Waals surface area contributed by atoms with Gasteiger partial charge in [-0.15, -0.1) is 0 Å². The molecule has 1 N–H and O–H groups in total. The van der Waals surface area contributed by atoms with Gasteiger partial charge in [0.15, 0.2) is 0 Å². The number of nitrogens with one attached hydrogen (secondary N) is 1. The Morgan fingerprint density at radius 3 is 2.68 bits per heavy atom. The summed E-state index contributed by atoms with van der Waals surface area (Å²) in [5, 5.41) is 2.94. The van der Waals surface area contributed by atoms with Crippen molar-refractivity contribution in [3.63, 3.8) is 0 Å². The number of benzene rings is 1. The van der Waals surface area contributed by atoms with E-state index >= 15 is 0 Å². The minimum Gasteiger partial charge on any atom is -0.480 e. The fourth-order valence-corrected chi connectivity index (χ4v) is 2.59. The molecule has 0 bridgehead atoms. The lowest BCUT2D eigenvalue weighted by Crippen LogP contribution is -2.32. The van der Waals surface area contributed by atoms with Crippen LogP contribution in [-0.2, 0) is 5.41 Å². The van der Waals surface area contributed by atoms with Gasteiger partial charge in [-0.2, -0.15) is 0 Å². The molecular formula is C17H17FN2O2. The Bertz CT molecular complexity index is 681. The zero-order chi connectivity index (χ0) is 15.6. The summed E-state index contributed by atoms with van der Waals surface area (Å²) in [5.41, 5.74) is 1.41. The average molecular weight is 300 g/mol. The van der Waals surface area contributed by atoms with E-state index in [9.17, 15) is 9.18 Å². The summed E-state index contributed by atoms with van der Waals surface area (Å²) < 4.78 is 18.1. The maximum absolute atomic E-state index is 13.0. The van der Waals surface area contributed by atoms with Gasteiger partial charge >= 0.3 is 0 Å². The van der Waals surface area contributed by atoms with Crippen LogP contribution in [0.4, 0.5) is 4.39 Å². The first-order chi connectivity index (χ1) is 10.6. The van der Waals surface area contributed by atoms with Crippen molar-refractivity contribution in [2.75, 3.05) is 13.7 Å². The number of ether oxygens (including phenoxy) is 1. The summed E-state index contributed by atoms with van der Waals surface area (Å²) in [5.74, 6) is -0.145. The van der Waals surface area contributed by atoms with E-state index in [1.165, 1.54) is 19.2 Å². The molecule has 1 saturated carbocycles. The lowest BCUT2D eigenvalue weighted by Gasteiger charge is -2.17. The van der Waals surface area contributed by atoms with Gasteiger partial charge in [0, 0.05) is 18.2 Å².